The van der Waals surface area contributed by atoms with E-state index < -0.39 is 6.03 Å². The Morgan fingerprint density at radius 1 is 0.789 bits per heavy atom. The first kappa shape index (κ1) is 40.2. The molecule has 0 saturated carbocycles. The van der Waals surface area contributed by atoms with Crippen molar-refractivity contribution in [3.63, 3.8) is 0 Å². The fourth-order valence-electron chi connectivity index (χ4n) is 8.31. The fourth-order valence-corrected chi connectivity index (χ4v) is 8.31. The van der Waals surface area contributed by atoms with Gasteiger partial charge in [0, 0.05) is 101 Å². The quantitative estimate of drug-likeness (QED) is 0.182. The largest absolute Gasteiger partial charge is 0.496 e. The molecule has 1 aromatic carbocycles. The second kappa shape index (κ2) is 18.5. The molecular weight excluding hydrogens is 727 g/mol. The molecule has 0 unspecified atom stereocenters. The number of nitrogens with one attached hydrogen (secondary N) is 1. The average Bonchev–Trinajstić information content (AvgIpc) is 3.23. The van der Waals surface area contributed by atoms with Crippen LogP contribution in [0.15, 0.2) is 64.7 Å². The number of nitrogens with zero attached hydrogens (tertiary/aromatic N) is 6. The van der Waals surface area contributed by atoms with Crippen molar-refractivity contribution in [2.45, 2.75) is 90.3 Å². The minimum absolute atomic E-state index is 0.0264. The molecular formula is C43H55N7O7. The fraction of sp³-hybridized carbons (Fsp3) is 0.512. The molecule has 304 valence electrons. The van der Waals surface area contributed by atoms with Crippen molar-refractivity contribution in [1.82, 2.24) is 34.1 Å². The molecule has 6 heterocycles. The number of pyridine rings is 3. The highest BCUT2D eigenvalue weighted by Gasteiger charge is 2.28. The highest BCUT2D eigenvalue weighted by Crippen LogP contribution is 2.38. The number of amides is 3. The van der Waals surface area contributed by atoms with Crippen molar-refractivity contribution in [3.8, 4) is 22.6 Å². The molecule has 0 atom stereocenters. The van der Waals surface area contributed by atoms with Crippen LogP contribution in [0.3, 0.4) is 0 Å². The minimum atomic E-state index is -0.450. The number of aryl methyl sites for hydroxylation is 1. The van der Waals surface area contributed by atoms with Crippen molar-refractivity contribution in [3.05, 3.63) is 87.0 Å². The topological polar surface area (TPSA) is 140 Å². The lowest BCUT2D eigenvalue weighted by Gasteiger charge is -2.37. The van der Waals surface area contributed by atoms with Crippen LogP contribution >= 0.6 is 0 Å². The summed E-state index contributed by atoms with van der Waals surface area (Å²) in [6.07, 6.45) is 13.6. The van der Waals surface area contributed by atoms with Crippen LogP contribution in [0.4, 0.5) is 4.79 Å². The first-order valence-corrected chi connectivity index (χ1v) is 20.3. The maximum atomic E-state index is 13.3. The number of hydrogen-bond donors (Lipinski definition) is 1. The Balaban J connectivity index is 0.905. The molecule has 3 aliphatic rings. The molecule has 14 nitrogen and oxygen atoms in total. The van der Waals surface area contributed by atoms with Crippen LogP contribution in [0, 0.1) is 0 Å². The number of carbonyl (C=O) groups is 2. The third-order valence-electron chi connectivity index (χ3n) is 11.7. The van der Waals surface area contributed by atoms with Gasteiger partial charge >= 0.3 is 6.03 Å². The zero-order valence-corrected chi connectivity index (χ0v) is 33.4. The normalized spacial score (nSPS) is 17.6. The van der Waals surface area contributed by atoms with Gasteiger partial charge in [0.25, 0.3) is 11.1 Å². The molecule has 14 heteroatoms. The van der Waals surface area contributed by atoms with E-state index >= 15 is 0 Å². The van der Waals surface area contributed by atoms with Crippen LogP contribution in [0.2, 0.25) is 0 Å². The molecule has 3 fully saturated rings. The summed E-state index contributed by atoms with van der Waals surface area (Å²) < 4.78 is 22.1. The Hall–Kier alpha value is -5.05. The van der Waals surface area contributed by atoms with E-state index in [9.17, 15) is 19.2 Å². The summed E-state index contributed by atoms with van der Waals surface area (Å²) in [7, 11) is 3.39. The van der Waals surface area contributed by atoms with E-state index in [-0.39, 0.29) is 42.2 Å². The molecule has 0 bridgehead atoms. The smallest absolute Gasteiger partial charge is 0.324 e. The summed E-state index contributed by atoms with van der Waals surface area (Å²) >= 11 is 0. The number of urea groups is 1. The van der Waals surface area contributed by atoms with Crippen LogP contribution in [0.1, 0.15) is 63.0 Å². The summed E-state index contributed by atoms with van der Waals surface area (Å²) in [6.45, 7) is 8.95. The van der Waals surface area contributed by atoms with Gasteiger partial charge in [0.1, 0.15) is 11.5 Å². The van der Waals surface area contributed by atoms with Gasteiger partial charge in [-0.15, -0.1) is 0 Å². The maximum Gasteiger partial charge on any atom is 0.324 e. The third-order valence-corrected chi connectivity index (χ3v) is 11.7. The highest BCUT2D eigenvalue weighted by atomic mass is 16.5. The molecule has 1 N–H and O–H groups in total. The number of carbonyl (C=O) groups excluding carboxylic acids is 2. The molecule has 3 saturated heterocycles. The Bertz CT molecular complexity index is 2140. The lowest BCUT2D eigenvalue weighted by atomic mass is 9.98. The lowest BCUT2D eigenvalue weighted by molar-refractivity contribution is -0.121. The zero-order valence-electron chi connectivity index (χ0n) is 33.4. The highest BCUT2D eigenvalue weighted by molar-refractivity contribution is 5.97. The van der Waals surface area contributed by atoms with E-state index in [0.717, 1.165) is 105 Å². The SMILES string of the molecule is CCCCn1cc(-c2cc(OC)c(CN3CCC(OC4CCN(CCn5cccc(CN6CCC(=O)NC6=O)c5=O)CC4)CC3)c(OC)c2)c2ccncc2c1=O. The van der Waals surface area contributed by atoms with Crippen molar-refractivity contribution in [2.75, 3.05) is 53.5 Å². The summed E-state index contributed by atoms with van der Waals surface area (Å²) in [4.78, 5) is 60.7. The maximum absolute atomic E-state index is 13.3. The van der Waals surface area contributed by atoms with Gasteiger partial charge in [0.15, 0.2) is 0 Å². The Kier molecular flexibility index (Phi) is 13.0. The van der Waals surface area contributed by atoms with Crippen LogP contribution in [-0.2, 0) is 35.7 Å². The van der Waals surface area contributed by atoms with Crippen LogP contribution < -0.4 is 25.9 Å². The minimum Gasteiger partial charge on any atom is -0.496 e. The zero-order chi connectivity index (χ0) is 39.9. The molecule has 57 heavy (non-hydrogen) atoms. The number of unbranched alkanes of at least 4 members (excludes halogenated alkanes) is 1. The van der Waals surface area contributed by atoms with Crippen LogP contribution in [0.25, 0.3) is 21.9 Å². The monoisotopic (exact) mass is 781 g/mol. The molecule has 0 radical (unpaired) electrons. The van der Waals surface area contributed by atoms with Gasteiger partial charge in [-0.2, -0.15) is 0 Å². The standard InChI is InChI=1S/C43H55N7O7/c1-4-5-15-49-29-36(34-8-14-44-26-35(34)42(49)53)31-24-38(55-2)37(39(25-31)56-3)28-47-19-11-33(12-20-47)57-32-9-17-46(18-10-32)22-23-48-16-6-7-30(41(48)52)27-50-21-13-40(51)45-43(50)54/h6-8,14,16,24-26,29,32-33H,4-5,9-13,15,17-23,27-28H2,1-3H3,(H,45,51,54). The summed E-state index contributed by atoms with van der Waals surface area (Å²) in [5.74, 6) is 1.23. The average molecular weight is 782 g/mol. The number of aromatic nitrogens is 3. The number of likely N-dealkylation sites (tertiary alicyclic amines) is 2. The van der Waals surface area contributed by atoms with Gasteiger partial charge in [-0.25, -0.2) is 4.79 Å². The number of hydrogen-bond acceptors (Lipinski definition) is 10. The number of methoxy groups -OCH3 is 2. The van der Waals surface area contributed by atoms with Gasteiger partial charge in [0.2, 0.25) is 5.91 Å². The third kappa shape index (κ3) is 9.40. The van der Waals surface area contributed by atoms with Crippen molar-refractivity contribution in [2.24, 2.45) is 0 Å². The van der Waals surface area contributed by atoms with E-state index in [1.54, 1.807) is 48.0 Å². The van der Waals surface area contributed by atoms with Gasteiger partial charge in [-0.3, -0.25) is 29.6 Å². The number of rotatable bonds is 15. The summed E-state index contributed by atoms with van der Waals surface area (Å²) in [5.41, 5.74) is 3.29. The molecule has 4 aromatic rings. The predicted octanol–water partition coefficient (Wildman–Crippen LogP) is 4.63. The molecule has 3 aliphatic heterocycles. The first-order chi connectivity index (χ1) is 27.7. The van der Waals surface area contributed by atoms with E-state index in [0.29, 0.717) is 37.1 Å². The molecule has 3 amide bonds. The first-order valence-electron chi connectivity index (χ1n) is 20.3. The van der Waals surface area contributed by atoms with Gasteiger partial charge in [-0.05, 0) is 67.3 Å². The Morgan fingerprint density at radius 3 is 2.16 bits per heavy atom. The van der Waals surface area contributed by atoms with Crippen molar-refractivity contribution in [1.29, 1.82) is 0 Å². The number of ether oxygens (including phenoxy) is 3. The summed E-state index contributed by atoms with van der Waals surface area (Å²) in [5, 5.41) is 3.77. The van der Waals surface area contributed by atoms with Crippen LogP contribution in [-0.4, -0.2) is 106 Å². The van der Waals surface area contributed by atoms with Gasteiger partial charge in [-0.1, -0.05) is 19.4 Å². The van der Waals surface area contributed by atoms with Gasteiger partial charge in [0.05, 0.1) is 43.9 Å². The van der Waals surface area contributed by atoms with E-state index in [4.69, 9.17) is 14.2 Å². The molecule has 0 aliphatic carbocycles. The number of imide groups is 1. The molecule has 3 aromatic heterocycles. The van der Waals surface area contributed by atoms with E-state index in [1.807, 2.05) is 18.3 Å². The Labute approximate surface area is 333 Å². The number of fused-ring (bicyclic) bond motifs is 1. The van der Waals surface area contributed by atoms with Crippen molar-refractivity contribution >= 4 is 22.7 Å². The van der Waals surface area contributed by atoms with E-state index in [2.05, 4.69) is 39.2 Å². The second-order valence-electron chi connectivity index (χ2n) is 15.4. The van der Waals surface area contributed by atoms with Gasteiger partial charge < -0.3 is 33.1 Å². The van der Waals surface area contributed by atoms with Crippen LogP contribution in [0.5, 0.6) is 11.5 Å². The number of benzene rings is 1. The second-order valence-corrected chi connectivity index (χ2v) is 15.4. The van der Waals surface area contributed by atoms with E-state index in [1.165, 1.54) is 4.90 Å². The Morgan fingerprint density at radius 2 is 1.49 bits per heavy atom. The molecule has 7 rings (SSSR count). The summed E-state index contributed by atoms with van der Waals surface area (Å²) in [6, 6.07) is 9.16. The predicted molar refractivity (Wildman–Crippen MR) is 218 cm³/mol. The van der Waals surface area contributed by atoms with Crippen molar-refractivity contribution < 1.29 is 23.8 Å². The molecule has 0 spiro atoms. The number of piperidine rings is 2. The lowest BCUT2D eigenvalue weighted by Crippen LogP contribution is -2.49.